The summed E-state index contributed by atoms with van der Waals surface area (Å²) in [6, 6.07) is 5.92. The number of hydrogen-bond acceptors (Lipinski definition) is 5. The van der Waals surface area contributed by atoms with E-state index in [1.807, 2.05) is 28.8 Å². The Bertz CT molecular complexity index is 881. The lowest BCUT2D eigenvalue weighted by molar-refractivity contribution is 0.380. The Hall–Kier alpha value is -2.17. The zero-order valence-corrected chi connectivity index (χ0v) is 18.9. The second kappa shape index (κ2) is 11.0. The number of aromatic nitrogens is 4. The van der Waals surface area contributed by atoms with Gasteiger partial charge in [-0.2, -0.15) is 0 Å². The van der Waals surface area contributed by atoms with E-state index in [9.17, 15) is 0 Å². The van der Waals surface area contributed by atoms with Gasteiger partial charge in [0.15, 0.2) is 11.6 Å². The van der Waals surface area contributed by atoms with E-state index in [0.717, 1.165) is 66.7 Å². The fourth-order valence-corrected chi connectivity index (χ4v) is 3.05. The van der Waals surface area contributed by atoms with E-state index in [0.29, 0.717) is 6.54 Å². The van der Waals surface area contributed by atoms with Crippen LogP contribution < -0.4 is 10.6 Å². The Balaban J connectivity index is 0.00000280. The van der Waals surface area contributed by atoms with Crippen molar-refractivity contribution in [2.75, 3.05) is 13.6 Å². The molecule has 0 aromatic carbocycles. The molecule has 0 aliphatic heterocycles. The minimum absolute atomic E-state index is 0. The number of nitrogens with one attached hydrogen (secondary N) is 2. The van der Waals surface area contributed by atoms with E-state index >= 15 is 0 Å². The molecule has 8 nitrogen and oxygen atoms in total. The van der Waals surface area contributed by atoms with Crippen molar-refractivity contribution in [3.63, 3.8) is 0 Å². The molecule has 3 heterocycles. The lowest BCUT2D eigenvalue weighted by Crippen LogP contribution is -2.37. The molecule has 0 fully saturated rings. The van der Waals surface area contributed by atoms with Gasteiger partial charge in [0.2, 0.25) is 0 Å². The predicted molar refractivity (Wildman–Crippen MR) is 120 cm³/mol. The molecule has 0 spiro atoms. The number of pyridine rings is 1. The van der Waals surface area contributed by atoms with Crippen molar-refractivity contribution in [1.29, 1.82) is 0 Å². The molecular formula is C19H28IN7O. The molecule has 0 atom stereocenters. The summed E-state index contributed by atoms with van der Waals surface area (Å²) < 4.78 is 7.44. The third-order valence-electron chi connectivity index (χ3n) is 4.52. The Labute approximate surface area is 182 Å². The average Bonchev–Trinajstić information content (AvgIpc) is 3.30. The van der Waals surface area contributed by atoms with Crippen LogP contribution in [0.1, 0.15) is 43.1 Å². The van der Waals surface area contributed by atoms with Crippen LogP contribution in [0, 0.1) is 0 Å². The number of hydrogen-bond donors (Lipinski definition) is 2. The van der Waals surface area contributed by atoms with Gasteiger partial charge in [0.25, 0.3) is 0 Å². The first-order valence-corrected chi connectivity index (χ1v) is 9.46. The van der Waals surface area contributed by atoms with Gasteiger partial charge in [-0.25, -0.2) is 0 Å². The van der Waals surface area contributed by atoms with E-state index < -0.39 is 0 Å². The number of fused-ring (bicyclic) bond motifs is 1. The highest BCUT2D eigenvalue weighted by Crippen LogP contribution is 2.15. The first-order valence-electron chi connectivity index (χ1n) is 9.46. The number of aryl methyl sites for hydroxylation is 3. The quantitative estimate of drug-likeness (QED) is 0.215. The van der Waals surface area contributed by atoms with Crippen molar-refractivity contribution in [3.8, 4) is 0 Å². The van der Waals surface area contributed by atoms with Crippen LogP contribution >= 0.6 is 24.0 Å². The number of halogens is 1. The molecule has 0 aliphatic rings. The zero-order chi connectivity index (χ0) is 19.1. The van der Waals surface area contributed by atoms with Gasteiger partial charge in [-0.3, -0.25) is 9.39 Å². The van der Waals surface area contributed by atoms with Gasteiger partial charge in [-0.15, -0.1) is 34.2 Å². The van der Waals surface area contributed by atoms with Crippen molar-refractivity contribution in [3.05, 3.63) is 47.2 Å². The molecule has 0 radical (unpaired) electrons. The van der Waals surface area contributed by atoms with Crippen molar-refractivity contribution >= 4 is 35.6 Å². The normalized spacial score (nSPS) is 11.5. The van der Waals surface area contributed by atoms with Crippen LogP contribution in [0.25, 0.3) is 5.65 Å². The van der Waals surface area contributed by atoms with Crippen molar-refractivity contribution in [2.24, 2.45) is 4.99 Å². The molecule has 0 bridgehead atoms. The zero-order valence-electron chi connectivity index (χ0n) is 16.6. The monoisotopic (exact) mass is 497 g/mol. The summed E-state index contributed by atoms with van der Waals surface area (Å²) in [5, 5.41) is 19.3. The molecule has 0 unspecified atom stereocenters. The molecule has 0 amide bonds. The number of rotatable bonds is 8. The highest BCUT2D eigenvalue weighted by atomic mass is 127. The van der Waals surface area contributed by atoms with Gasteiger partial charge in [0.1, 0.15) is 11.6 Å². The van der Waals surface area contributed by atoms with Crippen LogP contribution in [-0.2, 0) is 25.8 Å². The molecule has 152 valence electrons. The Morgan fingerprint density at radius 2 is 2.04 bits per heavy atom. The fourth-order valence-electron chi connectivity index (χ4n) is 3.05. The lowest BCUT2D eigenvalue weighted by Gasteiger charge is -2.12. The summed E-state index contributed by atoms with van der Waals surface area (Å²) in [6.45, 7) is 5.61. The summed E-state index contributed by atoms with van der Waals surface area (Å²) >= 11 is 0. The smallest absolute Gasteiger partial charge is 0.191 e. The fraction of sp³-hybridized carbons (Fsp3) is 0.474. The number of guanidine groups is 1. The van der Waals surface area contributed by atoms with Crippen LogP contribution in [0.2, 0.25) is 0 Å². The first-order chi connectivity index (χ1) is 13.3. The van der Waals surface area contributed by atoms with Gasteiger partial charge in [0.05, 0.1) is 5.69 Å². The number of aliphatic imine (C=N–C) groups is 1. The van der Waals surface area contributed by atoms with Crippen LogP contribution in [0.4, 0.5) is 0 Å². The molecular weight excluding hydrogens is 469 g/mol. The topological polar surface area (TPSA) is 92.6 Å². The molecule has 0 aliphatic carbocycles. The van der Waals surface area contributed by atoms with Crippen molar-refractivity contribution in [1.82, 2.24) is 30.4 Å². The Morgan fingerprint density at radius 1 is 1.18 bits per heavy atom. The van der Waals surface area contributed by atoms with Crippen LogP contribution in [0.5, 0.6) is 0 Å². The molecule has 9 heteroatoms. The molecule has 28 heavy (non-hydrogen) atoms. The second-order valence-corrected chi connectivity index (χ2v) is 6.24. The predicted octanol–water partition coefficient (Wildman–Crippen LogP) is 2.76. The maximum absolute atomic E-state index is 5.41. The summed E-state index contributed by atoms with van der Waals surface area (Å²) in [6.07, 6.45) is 5.47. The lowest BCUT2D eigenvalue weighted by atomic mass is 10.1. The minimum atomic E-state index is 0. The highest BCUT2D eigenvalue weighted by Gasteiger charge is 2.13. The van der Waals surface area contributed by atoms with Gasteiger partial charge in [0, 0.05) is 44.7 Å². The summed E-state index contributed by atoms with van der Waals surface area (Å²) in [5.74, 6) is 2.68. The Morgan fingerprint density at radius 3 is 2.79 bits per heavy atom. The van der Waals surface area contributed by atoms with Gasteiger partial charge >= 0.3 is 0 Å². The van der Waals surface area contributed by atoms with Crippen LogP contribution in [0.15, 0.2) is 33.9 Å². The van der Waals surface area contributed by atoms with Crippen molar-refractivity contribution in [2.45, 2.75) is 46.1 Å². The molecule has 0 saturated heterocycles. The Kier molecular flexibility index (Phi) is 8.68. The van der Waals surface area contributed by atoms with Gasteiger partial charge in [-0.1, -0.05) is 25.1 Å². The maximum Gasteiger partial charge on any atom is 0.191 e. The first kappa shape index (κ1) is 22.1. The summed E-state index contributed by atoms with van der Waals surface area (Å²) in [5.41, 5.74) is 3.02. The van der Waals surface area contributed by atoms with E-state index in [4.69, 9.17) is 4.52 Å². The molecule has 3 rings (SSSR count). The largest absolute Gasteiger partial charge is 0.361 e. The van der Waals surface area contributed by atoms with Gasteiger partial charge < -0.3 is 15.2 Å². The van der Waals surface area contributed by atoms with E-state index in [1.54, 1.807) is 7.05 Å². The summed E-state index contributed by atoms with van der Waals surface area (Å²) in [4.78, 5) is 4.29. The molecule has 3 aromatic rings. The standard InChI is InChI=1S/C19H27N7O.HI/c1-4-15-14(16(5-2)27-25-15)13-22-19(20-3)21-11-8-10-18-24-23-17-9-6-7-12-26(17)18;/h6-7,9,12H,4-5,8,10-11,13H2,1-3H3,(H2,20,21,22);1H. The molecule has 0 saturated carbocycles. The van der Waals surface area contributed by atoms with Crippen molar-refractivity contribution < 1.29 is 4.52 Å². The summed E-state index contributed by atoms with van der Waals surface area (Å²) in [7, 11) is 1.77. The van der Waals surface area contributed by atoms with E-state index in [-0.39, 0.29) is 24.0 Å². The third kappa shape index (κ3) is 5.21. The average molecular weight is 497 g/mol. The SMILES string of the molecule is CCc1noc(CC)c1CNC(=NC)NCCCc1nnc2ccccn12.I. The van der Waals surface area contributed by atoms with Crippen LogP contribution in [-0.4, -0.2) is 39.3 Å². The highest BCUT2D eigenvalue weighted by molar-refractivity contribution is 14.0. The molecule has 3 aromatic heterocycles. The maximum atomic E-state index is 5.41. The van der Waals surface area contributed by atoms with Gasteiger partial charge in [-0.05, 0) is 25.0 Å². The number of nitrogens with zero attached hydrogens (tertiary/aromatic N) is 5. The van der Waals surface area contributed by atoms with Crippen LogP contribution in [0.3, 0.4) is 0 Å². The van der Waals surface area contributed by atoms with E-state index in [1.165, 1.54) is 0 Å². The van der Waals surface area contributed by atoms with E-state index in [2.05, 4.69) is 44.8 Å². The minimum Gasteiger partial charge on any atom is -0.361 e. The second-order valence-electron chi connectivity index (χ2n) is 6.24. The molecule has 2 N–H and O–H groups in total. The third-order valence-corrected chi connectivity index (χ3v) is 4.52.